The topological polar surface area (TPSA) is 35.1 Å². The molecule has 52 heavy (non-hydrogen) atoms. The zero-order chi connectivity index (χ0) is 34.6. The van der Waals surface area contributed by atoms with Gasteiger partial charge >= 0.3 is 0 Å². The summed E-state index contributed by atoms with van der Waals surface area (Å²) in [7, 11) is 0. The Labute approximate surface area is 304 Å². The largest absolute Gasteiger partial charge is 0.294 e. The van der Waals surface area contributed by atoms with Gasteiger partial charge in [-0.25, -0.2) is 14.8 Å². The molecule has 0 saturated heterocycles. The van der Waals surface area contributed by atoms with Crippen molar-refractivity contribution < 1.29 is 0 Å². The first-order chi connectivity index (χ1) is 25.7. The molecule has 0 aliphatic heterocycles. The summed E-state index contributed by atoms with van der Waals surface area (Å²) >= 11 is 1.85. The third kappa shape index (κ3) is 5.05. The molecule has 0 saturated carbocycles. The van der Waals surface area contributed by atoms with Crippen molar-refractivity contribution in [1.29, 1.82) is 0 Å². The van der Waals surface area contributed by atoms with Crippen LogP contribution < -0.4 is 0 Å². The van der Waals surface area contributed by atoms with Crippen LogP contribution in [-0.2, 0) is 0 Å². The normalized spacial score (nSPS) is 11.4. The van der Waals surface area contributed by atoms with Crippen LogP contribution in [0.1, 0.15) is 0 Å². The van der Waals surface area contributed by atoms with Gasteiger partial charge in [0.05, 0.1) is 23.3 Å². The van der Waals surface area contributed by atoms with E-state index in [2.05, 4.69) is 137 Å². The van der Waals surface area contributed by atoms with Crippen LogP contribution in [0.2, 0.25) is 0 Å². The van der Waals surface area contributed by atoms with E-state index in [1.165, 1.54) is 42.1 Å². The second-order valence-corrected chi connectivity index (χ2v) is 14.0. The molecule has 0 radical (unpaired) electrons. The first-order valence-corrected chi connectivity index (χ1v) is 18.0. The van der Waals surface area contributed by atoms with E-state index >= 15 is 0 Å². The van der Waals surface area contributed by atoms with Crippen LogP contribution in [0, 0.1) is 6.57 Å². The molecule has 242 valence electrons. The van der Waals surface area contributed by atoms with E-state index in [0.29, 0.717) is 11.5 Å². The van der Waals surface area contributed by atoms with Gasteiger partial charge in [0.2, 0.25) is 0 Å². The molecule has 0 N–H and O–H groups in total. The zero-order valence-corrected chi connectivity index (χ0v) is 28.7. The van der Waals surface area contributed by atoms with Gasteiger partial charge in [-0.2, -0.15) is 0 Å². The maximum atomic E-state index is 7.28. The Bertz CT molecular complexity index is 3000. The molecular formula is C47H28N4S. The molecule has 0 bridgehead atoms. The summed E-state index contributed by atoms with van der Waals surface area (Å²) in [6.07, 6.45) is 0. The minimum absolute atomic E-state index is 0.636. The minimum atomic E-state index is 0.636. The predicted octanol–water partition coefficient (Wildman–Crippen LogP) is 13.2. The van der Waals surface area contributed by atoms with Crippen LogP contribution in [0.25, 0.3) is 97.5 Å². The summed E-state index contributed by atoms with van der Waals surface area (Å²) in [4.78, 5) is 13.9. The first kappa shape index (κ1) is 30.0. The molecule has 0 atom stereocenters. The molecule has 10 rings (SSSR count). The number of benzene rings is 7. The van der Waals surface area contributed by atoms with Crippen LogP contribution in [-0.4, -0.2) is 14.5 Å². The van der Waals surface area contributed by atoms with Gasteiger partial charge in [0.25, 0.3) is 0 Å². The lowest BCUT2D eigenvalue weighted by Gasteiger charge is -2.12. The summed E-state index contributed by atoms with van der Waals surface area (Å²) in [5.41, 5.74) is 10.2. The minimum Gasteiger partial charge on any atom is -0.294 e. The lowest BCUT2D eigenvalue weighted by molar-refractivity contribution is 1.05. The van der Waals surface area contributed by atoms with Crippen molar-refractivity contribution in [1.82, 2.24) is 14.5 Å². The van der Waals surface area contributed by atoms with E-state index in [1.807, 2.05) is 53.8 Å². The van der Waals surface area contributed by atoms with Gasteiger partial charge in [-0.1, -0.05) is 127 Å². The number of para-hydroxylation sites is 1. The molecule has 3 heterocycles. The second kappa shape index (κ2) is 12.2. The molecule has 0 fully saturated rings. The number of hydrogen-bond acceptors (Lipinski definition) is 3. The van der Waals surface area contributed by atoms with Crippen LogP contribution in [0.5, 0.6) is 0 Å². The van der Waals surface area contributed by atoms with Gasteiger partial charge in [-0.3, -0.25) is 4.57 Å². The van der Waals surface area contributed by atoms with Crippen molar-refractivity contribution in [2.75, 3.05) is 0 Å². The maximum absolute atomic E-state index is 7.28. The number of fused-ring (bicyclic) bond motifs is 6. The Morgan fingerprint density at radius 1 is 0.442 bits per heavy atom. The fourth-order valence-electron chi connectivity index (χ4n) is 7.28. The van der Waals surface area contributed by atoms with Crippen LogP contribution >= 0.6 is 11.3 Å². The van der Waals surface area contributed by atoms with E-state index < -0.39 is 0 Å². The van der Waals surface area contributed by atoms with Gasteiger partial charge in [0.15, 0.2) is 11.5 Å². The highest BCUT2D eigenvalue weighted by Gasteiger charge is 2.18. The number of nitrogens with zero attached hydrogens (tertiary/aromatic N) is 4. The molecule has 5 heteroatoms. The second-order valence-electron chi connectivity index (χ2n) is 12.9. The molecule has 4 nitrogen and oxygen atoms in total. The Kier molecular flexibility index (Phi) is 7.02. The van der Waals surface area contributed by atoms with Gasteiger partial charge in [-0.15, -0.1) is 11.3 Å². The fourth-order valence-corrected chi connectivity index (χ4v) is 8.37. The van der Waals surface area contributed by atoms with E-state index in [-0.39, 0.29) is 0 Å². The van der Waals surface area contributed by atoms with Crippen molar-refractivity contribution in [3.63, 3.8) is 0 Å². The van der Waals surface area contributed by atoms with Crippen molar-refractivity contribution in [2.45, 2.75) is 0 Å². The average molecular weight is 681 g/mol. The first-order valence-electron chi connectivity index (χ1n) is 17.2. The Balaban J connectivity index is 1.13. The number of thiophene rings is 1. The highest BCUT2D eigenvalue weighted by atomic mass is 32.1. The van der Waals surface area contributed by atoms with Crippen LogP contribution in [0.4, 0.5) is 5.69 Å². The van der Waals surface area contributed by atoms with Gasteiger partial charge in [0, 0.05) is 48.1 Å². The summed E-state index contributed by atoms with van der Waals surface area (Å²) in [5, 5.41) is 4.96. The van der Waals surface area contributed by atoms with E-state index in [4.69, 9.17) is 16.5 Å². The quantitative estimate of drug-likeness (QED) is 0.170. The Morgan fingerprint density at radius 3 is 1.83 bits per heavy atom. The third-order valence-corrected chi connectivity index (χ3v) is 11.0. The molecule has 0 spiro atoms. The fraction of sp³-hybridized carbons (Fsp3) is 0. The third-order valence-electron chi connectivity index (χ3n) is 9.87. The molecule has 7 aromatic carbocycles. The summed E-state index contributed by atoms with van der Waals surface area (Å²) in [5.74, 6) is 1.48. The molecule has 0 unspecified atom stereocenters. The van der Waals surface area contributed by atoms with Crippen molar-refractivity contribution in [2.24, 2.45) is 0 Å². The maximum Gasteiger partial charge on any atom is 0.187 e. The van der Waals surface area contributed by atoms with Crippen LogP contribution in [0.15, 0.2) is 170 Å². The lowest BCUT2D eigenvalue weighted by atomic mass is 10.0. The zero-order valence-electron chi connectivity index (χ0n) is 27.9. The molecular weight excluding hydrogens is 653 g/mol. The lowest BCUT2D eigenvalue weighted by Crippen LogP contribution is -2.02. The average Bonchev–Trinajstić information content (AvgIpc) is 3.76. The number of rotatable bonds is 5. The van der Waals surface area contributed by atoms with E-state index in [1.54, 1.807) is 0 Å². The van der Waals surface area contributed by atoms with Gasteiger partial charge in [0.1, 0.15) is 5.82 Å². The number of hydrogen-bond donors (Lipinski definition) is 0. The van der Waals surface area contributed by atoms with Gasteiger partial charge in [-0.05, 0) is 58.7 Å². The van der Waals surface area contributed by atoms with E-state index in [0.717, 1.165) is 44.8 Å². The van der Waals surface area contributed by atoms with E-state index in [9.17, 15) is 0 Å². The highest BCUT2D eigenvalue weighted by molar-refractivity contribution is 7.25. The Morgan fingerprint density at radius 2 is 1.04 bits per heavy atom. The van der Waals surface area contributed by atoms with Gasteiger partial charge < -0.3 is 0 Å². The number of aromatic nitrogens is 3. The smallest absolute Gasteiger partial charge is 0.187 e. The molecule has 0 aliphatic rings. The molecule has 10 aromatic rings. The van der Waals surface area contributed by atoms with Crippen molar-refractivity contribution in [3.8, 4) is 50.7 Å². The standard InChI is InChI=1S/C47H28N4S/c1-48-36-23-19-31(20-24-36)30-15-17-32(18-16-30)41-29-46(50-47(49-41)33-9-3-2-4-10-33)51-42-13-7-5-11-37(42)39-27-34(21-25-43(39)51)35-22-26-45-40(28-35)38-12-6-8-14-44(38)52-45/h2-29H. The Hall–Kier alpha value is -6.87. The van der Waals surface area contributed by atoms with Crippen molar-refractivity contribution >= 4 is 59.0 Å². The SMILES string of the molecule is [C-]#[N+]c1ccc(-c2ccc(-c3cc(-n4c5ccccc5c5cc(-c6ccc7sc8ccccc8c7c6)ccc54)nc(-c4ccccc4)n3)cc2)cc1. The predicted molar refractivity (Wildman–Crippen MR) is 217 cm³/mol. The van der Waals surface area contributed by atoms with Crippen LogP contribution in [0.3, 0.4) is 0 Å². The van der Waals surface area contributed by atoms with Crippen molar-refractivity contribution in [3.05, 3.63) is 181 Å². The molecule has 3 aromatic heterocycles. The summed E-state index contributed by atoms with van der Waals surface area (Å²) in [6.45, 7) is 7.28. The molecule has 0 aliphatic carbocycles. The highest BCUT2D eigenvalue weighted by Crippen LogP contribution is 2.39. The monoisotopic (exact) mass is 680 g/mol. The summed E-state index contributed by atoms with van der Waals surface area (Å²) < 4.78 is 4.89. The summed E-state index contributed by atoms with van der Waals surface area (Å²) in [6, 6.07) is 59.3. The molecule has 0 amide bonds.